The van der Waals surface area contributed by atoms with E-state index in [4.69, 9.17) is 16.3 Å². The van der Waals surface area contributed by atoms with Crippen LogP contribution in [0.1, 0.15) is 5.01 Å². The molecular weight excluding hydrogens is 260 g/mol. The molecule has 0 N–H and O–H groups in total. The van der Waals surface area contributed by atoms with Gasteiger partial charge < -0.3 is 9.64 Å². The zero-order valence-electron chi connectivity index (χ0n) is 9.31. The molecule has 0 unspecified atom stereocenters. The van der Waals surface area contributed by atoms with Crippen LogP contribution >= 0.6 is 22.9 Å². The van der Waals surface area contributed by atoms with Gasteiger partial charge in [-0.25, -0.2) is 4.98 Å². The third-order valence-corrected chi connectivity index (χ3v) is 3.75. The molecule has 0 aromatic carbocycles. The number of anilines is 1. The van der Waals surface area contributed by atoms with Crippen molar-refractivity contribution in [2.45, 2.75) is 6.92 Å². The normalized spacial score (nSPS) is 16.7. The monoisotopic (exact) mass is 270 g/mol. The maximum absolute atomic E-state index is 5.94. The Morgan fingerprint density at radius 1 is 1.24 bits per heavy atom. The third kappa shape index (κ3) is 2.08. The summed E-state index contributed by atoms with van der Waals surface area (Å²) in [6.45, 7) is 5.07. The highest BCUT2D eigenvalue weighted by Crippen LogP contribution is 2.30. The molecule has 1 aliphatic heterocycles. The largest absolute Gasteiger partial charge is 0.378 e. The van der Waals surface area contributed by atoms with Crippen molar-refractivity contribution in [1.82, 2.24) is 15.0 Å². The lowest BCUT2D eigenvalue weighted by molar-refractivity contribution is 0.122. The van der Waals surface area contributed by atoms with Crippen LogP contribution in [-0.4, -0.2) is 41.3 Å². The molecule has 0 amide bonds. The quantitative estimate of drug-likeness (QED) is 0.741. The van der Waals surface area contributed by atoms with Crippen LogP contribution in [-0.2, 0) is 4.74 Å². The molecule has 0 atom stereocenters. The van der Waals surface area contributed by atoms with E-state index in [2.05, 4.69) is 19.9 Å². The zero-order chi connectivity index (χ0) is 11.8. The Kier molecular flexibility index (Phi) is 2.85. The van der Waals surface area contributed by atoms with Crippen molar-refractivity contribution in [2.75, 3.05) is 31.2 Å². The van der Waals surface area contributed by atoms with Crippen molar-refractivity contribution in [3.63, 3.8) is 0 Å². The first-order valence-corrected chi connectivity index (χ1v) is 6.57. The average molecular weight is 271 g/mol. The van der Waals surface area contributed by atoms with Gasteiger partial charge in [0.2, 0.25) is 5.28 Å². The molecule has 0 saturated carbocycles. The van der Waals surface area contributed by atoms with Crippen molar-refractivity contribution in [3.8, 4) is 0 Å². The van der Waals surface area contributed by atoms with Crippen LogP contribution in [0.25, 0.3) is 10.3 Å². The van der Waals surface area contributed by atoms with Crippen LogP contribution in [0.4, 0.5) is 5.82 Å². The molecule has 17 heavy (non-hydrogen) atoms. The minimum atomic E-state index is 0.254. The van der Waals surface area contributed by atoms with Gasteiger partial charge in [-0.1, -0.05) is 0 Å². The van der Waals surface area contributed by atoms with Gasteiger partial charge in [-0.15, -0.1) is 11.3 Å². The summed E-state index contributed by atoms with van der Waals surface area (Å²) in [6.07, 6.45) is 0. The second-order valence-electron chi connectivity index (χ2n) is 3.80. The van der Waals surface area contributed by atoms with E-state index in [-0.39, 0.29) is 5.28 Å². The van der Waals surface area contributed by atoms with E-state index in [1.54, 1.807) is 11.3 Å². The fraction of sp³-hybridized carbons (Fsp3) is 0.500. The van der Waals surface area contributed by atoms with Crippen LogP contribution in [0.3, 0.4) is 0 Å². The van der Waals surface area contributed by atoms with Gasteiger partial charge in [0.15, 0.2) is 11.5 Å². The van der Waals surface area contributed by atoms with Crippen LogP contribution in [0.5, 0.6) is 0 Å². The van der Waals surface area contributed by atoms with Gasteiger partial charge in [0.25, 0.3) is 0 Å². The summed E-state index contributed by atoms with van der Waals surface area (Å²) >= 11 is 7.54. The second kappa shape index (κ2) is 4.36. The number of thiazole rings is 1. The molecule has 3 heterocycles. The van der Waals surface area contributed by atoms with E-state index < -0.39 is 0 Å². The highest BCUT2D eigenvalue weighted by molar-refractivity contribution is 7.19. The molecule has 0 aliphatic carbocycles. The number of hydrogen-bond acceptors (Lipinski definition) is 6. The van der Waals surface area contributed by atoms with Crippen molar-refractivity contribution < 1.29 is 4.74 Å². The van der Waals surface area contributed by atoms with Crippen molar-refractivity contribution >= 4 is 39.1 Å². The number of halogens is 1. The first-order valence-electron chi connectivity index (χ1n) is 5.37. The summed E-state index contributed by atoms with van der Waals surface area (Å²) in [5.74, 6) is 0.883. The fourth-order valence-corrected chi connectivity index (χ4v) is 2.91. The van der Waals surface area contributed by atoms with Gasteiger partial charge in [0.05, 0.1) is 18.2 Å². The van der Waals surface area contributed by atoms with Gasteiger partial charge in [0.1, 0.15) is 4.70 Å². The first kappa shape index (κ1) is 11.1. The van der Waals surface area contributed by atoms with Gasteiger partial charge in [0, 0.05) is 13.1 Å². The topological polar surface area (TPSA) is 51.1 Å². The lowest BCUT2D eigenvalue weighted by atomic mass is 10.4. The minimum absolute atomic E-state index is 0.254. The zero-order valence-corrected chi connectivity index (χ0v) is 10.9. The fourth-order valence-electron chi connectivity index (χ4n) is 1.88. The van der Waals surface area contributed by atoms with Crippen LogP contribution in [0.2, 0.25) is 5.28 Å². The molecule has 0 radical (unpaired) electrons. The summed E-state index contributed by atoms with van der Waals surface area (Å²) in [4.78, 5) is 15.0. The first-order chi connectivity index (χ1) is 8.24. The number of hydrogen-bond donors (Lipinski definition) is 0. The van der Waals surface area contributed by atoms with E-state index in [1.807, 2.05) is 6.92 Å². The minimum Gasteiger partial charge on any atom is -0.378 e. The van der Waals surface area contributed by atoms with Gasteiger partial charge in [-0.2, -0.15) is 9.97 Å². The average Bonchev–Trinajstić information content (AvgIpc) is 2.69. The van der Waals surface area contributed by atoms with Gasteiger partial charge >= 0.3 is 0 Å². The molecule has 2 aromatic heterocycles. The Morgan fingerprint density at radius 2 is 2.00 bits per heavy atom. The number of aryl methyl sites for hydroxylation is 1. The molecule has 1 aliphatic rings. The molecule has 0 bridgehead atoms. The Morgan fingerprint density at radius 3 is 2.76 bits per heavy atom. The van der Waals surface area contributed by atoms with E-state index >= 15 is 0 Å². The molecule has 7 heteroatoms. The number of fused-ring (bicyclic) bond motifs is 1. The summed E-state index contributed by atoms with van der Waals surface area (Å²) < 4.78 is 6.35. The molecule has 1 fully saturated rings. The Hall–Kier alpha value is -0.980. The molecule has 90 valence electrons. The highest BCUT2D eigenvalue weighted by atomic mass is 35.5. The molecule has 1 saturated heterocycles. The van der Waals surface area contributed by atoms with Crippen LogP contribution in [0.15, 0.2) is 0 Å². The summed E-state index contributed by atoms with van der Waals surface area (Å²) in [5, 5.41) is 1.23. The SMILES string of the molecule is Cc1nc2nc(Cl)nc(N3CCOCC3)c2s1. The van der Waals surface area contributed by atoms with Crippen molar-refractivity contribution in [1.29, 1.82) is 0 Å². The van der Waals surface area contributed by atoms with E-state index in [0.29, 0.717) is 5.65 Å². The lowest BCUT2D eigenvalue weighted by Crippen LogP contribution is -2.36. The molecule has 3 rings (SSSR count). The van der Waals surface area contributed by atoms with Crippen LogP contribution in [0, 0.1) is 6.92 Å². The van der Waals surface area contributed by atoms with Crippen molar-refractivity contribution in [3.05, 3.63) is 10.3 Å². The summed E-state index contributed by atoms with van der Waals surface area (Å²) in [5.41, 5.74) is 0.689. The number of nitrogens with zero attached hydrogens (tertiary/aromatic N) is 4. The Bertz CT molecular complexity index is 552. The van der Waals surface area contributed by atoms with Crippen LogP contribution < -0.4 is 4.90 Å². The predicted octanol–water partition coefficient (Wildman–Crippen LogP) is 1.88. The maximum atomic E-state index is 5.94. The number of aromatic nitrogens is 3. The highest BCUT2D eigenvalue weighted by Gasteiger charge is 2.19. The molecule has 0 spiro atoms. The van der Waals surface area contributed by atoms with Gasteiger partial charge in [-0.05, 0) is 18.5 Å². The maximum Gasteiger partial charge on any atom is 0.226 e. The summed E-state index contributed by atoms with van der Waals surface area (Å²) in [7, 11) is 0. The predicted molar refractivity (Wildman–Crippen MR) is 68.0 cm³/mol. The Balaban J connectivity index is 2.12. The lowest BCUT2D eigenvalue weighted by Gasteiger charge is -2.27. The van der Waals surface area contributed by atoms with Crippen molar-refractivity contribution in [2.24, 2.45) is 0 Å². The number of rotatable bonds is 1. The molecule has 5 nitrogen and oxygen atoms in total. The van der Waals surface area contributed by atoms with E-state index in [9.17, 15) is 0 Å². The van der Waals surface area contributed by atoms with E-state index in [0.717, 1.165) is 41.8 Å². The Labute approximate surface area is 107 Å². The number of morpholine rings is 1. The standard InChI is InChI=1S/C10H11ClN4OS/c1-6-12-8-7(17-6)9(14-10(11)13-8)15-2-4-16-5-3-15/h2-5H2,1H3. The van der Waals surface area contributed by atoms with E-state index in [1.165, 1.54) is 0 Å². The molecule has 2 aromatic rings. The van der Waals surface area contributed by atoms with Gasteiger partial charge in [-0.3, -0.25) is 0 Å². The third-order valence-electron chi connectivity index (χ3n) is 2.63. The smallest absolute Gasteiger partial charge is 0.226 e. The second-order valence-corrected chi connectivity index (χ2v) is 5.34. The summed E-state index contributed by atoms with van der Waals surface area (Å²) in [6, 6.07) is 0. The molecular formula is C10H11ClN4OS. The number of ether oxygens (including phenoxy) is 1.